The molecule has 0 saturated heterocycles. The van der Waals surface area contributed by atoms with Crippen molar-refractivity contribution in [1.82, 2.24) is 10.6 Å². The van der Waals surface area contributed by atoms with Gasteiger partial charge in [-0.05, 0) is 48.6 Å². The number of nitrogens with one attached hydrogen (secondary N) is 2. The Morgan fingerprint density at radius 3 is 1.88 bits per heavy atom. The number of carbonyl (C=O) groups is 2. The summed E-state index contributed by atoms with van der Waals surface area (Å²) < 4.78 is 16.0. The van der Waals surface area contributed by atoms with Gasteiger partial charge >= 0.3 is 0 Å². The van der Waals surface area contributed by atoms with Crippen LogP contribution in [-0.2, 0) is 28.9 Å². The fourth-order valence-corrected chi connectivity index (χ4v) is 3.87. The Labute approximate surface area is 203 Å². The van der Waals surface area contributed by atoms with E-state index < -0.39 is 0 Å². The van der Waals surface area contributed by atoms with Gasteiger partial charge in [-0.1, -0.05) is 38.0 Å². The molecule has 7 heteroatoms. The smallest absolute Gasteiger partial charge is 0.224 e. The van der Waals surface area contributed by atoms with Crippen LogP contribution in [0.3, 0.4) is 0 Å². The lowest BCUT2D eigenvalue weighted by molar-refractivity contribution is -0.121. The van der Waals surface area contributed by atoms with E-state index in [-0.39, 0.29) is 11.8 Å². The van der Waals surface area contributed by atoms with Gasteiger partial charge < -0.3 is 24.8 Å². The molecule has 0 atom stereocenters. The van der Waals surface area contributed by atoms with E-state index in [9.17, 15) is 9.59 Å². The number of ether oxygens (including phenoxy) is 3. The zero-order chi connectivity index (χ0) is 24.8. The van der Waals surface area contributed by atoms with Gasteiger partial charge in [0.1, 0.15) is 5.75 Å². The van der Waals surface area contributed by atoms with E-state index in [2.05, 4.69) is 10.6 Å². The Balaban J connectivity index is 1.59. The molecule has 0 aliphatic rings. The molecule has 0 heterocycles. The number of carbonyl (C=O) groups excluding carboxylic acids is 2. The highest BCUT2D eigenvalue weighted by molar-refractivity contribution is 5.79. The van der Waals surface area contributed by atoms with Crippen molar-refractivity contribution in [1.29, 1.82) is 0 Å². The summed E-state index contributed by atoms with van der Waals surface area (Å²) in [6.45, 7) is 3.36. The average Bonchev–Trinajstić information content (AvgIpc) is 2.85. The Morgan fingerprint density at radius 1 is 0.735 bits per heavy atom. The SMILES string of the molecule is CCc1c(CC(=O)NCCCCCCNC(=O)Cc2ccc(OC)cc2)ccc(OC)c1OC. The predicted octanol–water partition coefficient (Wildman–Crippen LogP) is 3.85. The average molecular weight is 471 g/mol. The third-order valence-electron chi connectivity index (χ3n) is 5.72. The van der Waals surface area contributed by atoms with Gasteiger partial charge in [0.25, 0.3) is 0 Å². The van der Waals surface area contributed by atoms with Gasteiger partial charge in [-0.3, -0.25) is 9.59 Å². The van der Waals surface area contributed by atoms with Crippen LogP contribution >= 0.6 is 0 Å². The number of rotatable bonds is 15. The van der Waals surface area contributed by atoms with Crippen molar-refractivity contribution >= 4 is 11.8 Å². The first kappa shape index (κ1) is 27.0. The lowest BCUT2D eigenvalue weighted by Gasteiger charge is -2.16. The maximum absolute atomic E-state index is 12.4. The maximum Gasteiger partial charge on any atom is 0.224 e. The Bertz CT molecular complexity index is 912. The molecule has 0 unspecified atom stereocenters. The van der Waals surface area contributed by atoms with Crippen molar-refractivity contribution in [3.05, 3.63) is 53.1 Å². The zero-order valence-corrected chi connectivity index (χ0v) is 20.9. The summed E-state index contributed by atoms with van der Waals surface area (Å²) in [4.78, 5) is 24.4. The second-order valence-corrected chi connectivity index (χ2v) is 8.11. The molecule has 7 nitrogen and oxygen atoms in total. The minimum Gasteiger partial charge on any atom is -0.497 e. The first-order valence-electron chi connectivity index (χ1n) is 11.9. The molecule has 2 amide bonds. The lowest BCUT2D eigenvalue weighted by Crippen LogP contribution is -2.27. The van der Waals surface area contributed by atoms with Crippen molar-refractivity contribution in [2.45, 2.75) is 51.9 Å². The first-order valence-corrected chi connectivity index (χ1v) is 11.9. The molecule has 0 aliphatic carbocycles. The molecule has 0 radical (unpaired) electrons. The van der Waals surface area contributed by atoms with Gasteiger partial charge in [0.2, 0.25) is 11.8 Å². The monoisotopic (exact) mass is 470 g/mol. The summed E-state index contributed by atoms with van der Waals surface area (Å²) in [5, 5.41) is 5.97. The molecular formula is C27H38N2O5. The molecule has 0 saturated carbocycles. The molecule has 0 aliphatic heterocycles. The standard InChI is InChI=1S/C27H38N2O5/c1-5-23-21(12-15-24(33-3)27(23)34-4)19-26(31)29-17-9-7-6-8-16-28-25(30)18-20-10-13-22(32-2)14-11-20/h10-15H,5-9,16-19H2,1-4H3,(H,28,30)(H,29,31). The van der Waals surface area contributed by atoms with Crippen LogP contribution in [0.2, 0.25) is 0 Å². The van der Waals surface area contributed by atoms with Crippen molar-refractivity contribution in [3.63, 3.8) is 0 Å². The Kier molecular flexibility index (Phi) is 11.8. The van der Waals surface area contributed by atoms with Gasteiger partial charge in [0.05, 0.1) is 34.2 Å². The van der Waals surface area contributed by atoms with Crippen molar-refractivity contribution in [2.24, 2.45) is 0 Å². The highest BCUT2D eigenvalue weighted by Crippen LogP contribution is 2.34. The third kappa shape index (κ3) is 8.61. The van der Waals surface area contributed by atoms with Gasteiger partial charge in [0, 0.05) is 18.7 Å². The summed E-state index contributed by atoms with van der Waals surface area (Å²) in [5.41, 5.74) is 2.93. The molecular weight excluding hydrogens is 432 g/mol. The molecule has 186 valence electrons. The van der Waals surface area contributed by atoms with Crippen LogP contribution in [0.25, 0.3) is 0 Å². The largest absolute Gasteiger partial charge is 0.497 e. The highest BCUT2D eigenvalue weighted by atomic mass is 16.5. The van der Waals surface area contributed by atoms with E-state index in [1.165, 1.54) is 0 Å². The second kappa shape index (κ2) is 14.8. The molecule has 2 aromatic carbocycles. The van der Waals surface area contributed by atoms with Crippen LogP contribution in [-0.4, -0.2) is 46.2 Å². The van der Waals surface area contributed by atoms with Crippen LogP contribution in [0.1, 0.15) is 49.3 Å². The number of methoxy groups -OCH3 is 3. The number of unbranched alkanes of at least 4 members (excludes halogenated alkanes) is 3. The van der Waals surface area contributed by atoms with Crippen molar-refractivity contribution < 1.29 is 23.8 Å². The van der Waals surface area contributed by atoms with E-state index in [0.717, 1.165) is 54.5 Å². The summed E-state index contributed by atoms with van der Waals surface area (Å²) in [7, 11) is 4.85. The number of hydrogen-bond donors (Lipinski definition) is 2. The van der Waals surface area contributed by atoms with Gasteiger partial charge in [-0.25, -0.2) is 0 Å². The van der Waals surface area contributed by atoms with Gasteiger partial charge in [-0.15, -0.1) is 0 Å². The third-order valence-corrected chi connectivity index (χ3v) is 5.72. The number of amides is 2. The van der Waals surface area contributed by atoms with Gasteiger partial charge in [-0.2, -0.15) is 0 Å². The fraction of sp³-hybridized carbons (Fsp3) is 0.481. The molecule has 2 rings (SSSR count). The quantitative estimate of drug-likeness (QED) is 0.386. The van der Waals surface area contributed by atoms with E-state index in [0.29, 0.717) is 37.4 Å². The van der Waals surface area contributed by atoms with Crippen molar-refractivity contribution in [3.8, 4) is 17.2 Å². The number of benzene rings is 2. The van der Waals surface area contributed by atoms with Crippen LogP contribution in [0.4, 0.5) is 0 Å². The van der Waals surface area contributed by atoms with Crippen LogP contribution in [0.5, 0.6) is 17.2 Å². The summed E-state index contributed by atoms with van der Waals surface area (Å²) in [6.07, 6.45) is 5.31. The molecule has 0 fully saturated rings. The molecule has 0 spiro atoms. The topological polar surface area (TPSA) is 85.9 Å². The number of hydrogen-bond acceptors (Lipinski definition) is 5. The Hall–Kier alpha value is -3.22. The van der Waals surface area contributed by atoms with E-state index in [1.807, 2.05) is 43.3 Å². The minimum atomic E-state index is 0.00714. The molecule has 2 aromatic rings. The van der Waals surface area contributed by atoms with Crippen LogP contribution < -0.4 is 24.8 Å². The van der Waals surface area contributed by atoms with Gasteiger partial charge in [0.15, 0.2) is 11.5 Å². The second-order valence-electron chi connectivity index (χ2n) is 8.11. The predicted molar refractivity (Wildman–Crippen MR) is 134 cm³/mol. The Morgan fingerprint density at radius 2 is 1.35 bits per heavy atom. The van der Waals surface area contributed by atoms with Crippen LogP contribution in [0, 0.1) is 0 Å². The summed E-state index contributed by atoms with van der Waals surface area (Å²) in [6, 6.07) is 11.3. The normalized spacial score (nSPS) is 10.5. The van der Waals surface area contributed by atoms with Crippen molar-refractivity contribution in [2.75, 3.05) is 34.4 Å². The lowest BCUT2D eigenvalue weighted by atomic mass is 10.00. The molecule has 34 heavy (non-hydrogen) atoms. The van der Waals surface area contributed by atoms with Crippen LogP contribution in [0.15, 0.2) is 36.4 Å². The molecule has 2 N–H and O–H groups in total. The van der Waals surface area contributed by atoms with E-state index in [1.54, 1.807) is 21.3 Å². The molecule has 0 bridgehead atoms. The molecule has 0 aromatic heterocycles. The van der Waals surface area contributed by atoms with E-state index in [4.69, 9.17) is 14.2 Å². The fourth-order valence-electron chi connectivity index (χ4n) is 3.87. The summed E-state index contributed by atoms with van der Waals surface area (Å²) >= 11 is 0. The summed E-state index contributed by atoms with van der Waals surface area (Å²) in [5.74, 6) is 2.20. The maximum atomic E-state index is 12.4. The first-order chi connectivity index (χ1) is 16.5. The van der Waals surface area contributed by atoms with E-state index >= 15 is 0 Å². The zero-order valence-electron chi connectivity index (χ0n) is 20.9. The minimum absolute atomic E-state index is 0.00714. The highest BCUT2D eigenvalue weighted by Gasteiger charge is 2.15.